The van der Waals surface area contributed by atoms with Gasteiger partial charge in [0, 0.05) is 24.3 Å². The summed E-state index contributed by atoms with van der Waals surface area (Å²) < 4.78 is 18.8. The molecule has 3 rings (SSSR count). The fraction of sp³-hybridized carbons (Fsp3) is 0.267. The first-order valence-electron chi connectivity index (χ1n) is 6.51. The van der Waals surface area contributed by atoms with Crippen LogP contribution >= 0.6 is 11.6 Å². The van der Waals surface area contributed by atoms with Gasteiger partial charge in [-0.3, -0.25) is 4.98 Å². The van der Waals surface area contributed by atoms with Gasteiger partial charge in [0.15, 0.2) is 0 Å². The third kappa shape index (κ3) is 3.26. The molecule has 0 bridgehead atoms. The molecule has 0 saturated heterocycles. The molecule has 1 aromatic carbocycles. The van der Waals surface area contributed by atoms with E-state index in [1.165, 1.54) is 31.0 Å². The molecule has 0 atom stereocenters. The molecule has 20 heavy (non-hydrogen) atoms. The van der Waals surface area contributed by atoms with Crippen molar-refractivity contribution in [1.82, 2.24) is 10.3 Å². The topological polar surface area (TPSA) is 34.1 Å². The summed E-state index contributed by atoms with van der Waals surface area (Å²) in [7, 11) is 0. The molecule has 0 spiro atoms. The van der Waals surface area contributed by atoms with Crippen molar-refractivity contribution >= 4 is 11.6 Å². The van der Waals surface area contributed by atoms with Gasteiger partial charge in [-0.2, -0.15) is 0 Å². The van der Waals surface area contributed by atoms with Gasteiger partial charge in [0.05, 0.1) is 11.2 Å². The molecule has 1 aliphatic carbocycles. The quantitative estimate of drug-likeness (QED) is 0.907. The minimum Gasteiger partial charge on any atom is -0.454 e. The van der Waals surface area contributed by atoms with Crippen molar-refractivity contribution < 1.29 is 9.13 Å². The molecule has 0 unspecified atom stereocenters. The minimum absolute atomic E-state index is 0.245. The first-order valence-corrected chi connectivity index (χ1v) is 6.89. The van der Waals surface area contributed by atoms with E-state index in [0.717, 1.165) is 12.1 Å². The molecule has 1 aliphatic rings. The Morgan fingerprint density at radius 1 is 1.30 bits per heavy atom. The number of aromatic nitrogens is 1. The van der Waals surface area contributed by atoms with Crippen LogP contribution in [0.2, 0.25) is 5.02 Å². The molecule has 0 aliphatic heterocycles. The zero-order chi connectivity index (χ0) is 13.9. The first-order chi connectivity index (χ1) is 9.72. The van der Waals surface area contributed by atoms with Gasteiger partial charge in [-0.1, -0.05) is 11.6 Å². The Kier molecular flexibility index (Phi) is 3.85. The molecule has 104 valence electrons. The monoisotopic (exact) mass is 292 g/mol. The molecule has 0 radical (unpaired) electrons. The van der Waals surface area contributed by atoms with Crippen molar-refractivity contribution in [3.05, 3.63) is 53.1 Å². The Labute approximate surface area is 121 Å². The molecule has 1 fully saturated rings. The summed E-state index contributed by atoms with van der Waals surface area (Å²) in [6.45, 7) is 0.724. The van der Waals surface area contributed by atoms with Gasteiger partial charge in [0.1, 0.15) is 17.3 Å². The van der Waals surface area contributed by atoms with Crippen LogP contribution in [0.1, 0.15) is 18.4 Å². The number of nitrogens with zero attached hydrogens (tertiary/aromatic N) is 1. The predicted molar refractivity (Wildman–Crippen MR) is 75.6 cm³/mol. The van der Waals surface area contributed by atoms with E-state index in [-0.39, 0.29) is 10.8 Å². The fourth-order valence-electron chi connectivity index (χ4n) is 1.86. The molecule has 5 heteroatoms. The van der Waals surface area contributed by atoms with Crippen LogP contribution in [0, 0.1) is 5.82 Å². The highest BCUT2D eigenvalue weighted by atomic mass is 35.5. The lowest BCUT2D eigenvalue weighted by atomic mass is 10.2. The molecule has 0 amide bonds. The Balaban J connectivity index is 1.78. The number of hydrogen-bond donors (Lipinski definition) is 1. The zero-order valence-electron chi connectivity index (χ0n) is 10.8. The molecule has 2 aromatic rings. The standard InChI is InChI=1S/C15H14ClFN2O/c16-13-7-11(17)1-4-14(13)20-15-9-18-6-5-10(15)8-19-12-2-3-12/h1,4-7,9,12,19H,2-3,8H2. The lowest BCUT2D eigenvalue weighted by molar-refractivity contribution is 0.468. The van der Waals surface area contributed by atoms with Gasteiger partial charge in [0.2, 0.25) is 0 Å². The van der Waals surface area contributed by atoms with E-state index >= 15 is 0 Å². The lowest BCUT2D eigenvalue weighted by Crippen LogP contribution is -2.15. The van der Waals surface area contributed by atoms with Crippen molar-refractivity contribution in [2.45, 2.75) is 25.4 Å². The largest absolute Gasteiger partial charge is 0.454 e. The van der Waals surface area contributed by atoms with E-state index in [2.05, 4.69) is 10.3 Å². The third-order valence-electron chi connectivity index (χ3n) is 3.14. The molecular formula is C15H14ClFN2O. The summed E-state index contributed by atoms with van der Waals surface area (Å²) in [4.78, 5) is 4.06. The molecule has 1 aromatic heterocycles. The maximum Gasteiger partial charge on any atom is 0.150 e. The van der Waals surface area contributed by atoms with Gasteiger partial charge in [-0.25, -0.2) is 4.39 Å². The summed E-state index contributed by atoms with van der Waals surface area (Å²) in [5.74, 6) is 0.673. The van der Waals surface area contributed by atoms with Crippen LogP contribution in [0.5, 0.6) is 11.5 Å². The van der Waals surface area contributed by atoms with Crippen LogP contribution in [0.15, 0.2) is 36.7 Å². The predicted octanol–water partition coefficient (Wildman–Crippen LogP) is 3.92. The van der Waals surface area contributed by atoms with Crippen molar-refractivity contribution in [2.24, 2.45) is 0 Å². The van der Waals surface area contributed by atoms with E-state index in [1.807, 2.05) is 6.07 Å². The second kappa shape index (κ2) is 5.77. The van der Waals surface area contributed by atoms with Crippen molar-refractivity contribution in [3.8, 4) is 11.5 Å². The number of nitrogens with one attached hydrogen (secondary N) is 1. The van der Waals surface area contributed by atoms with Gasteiger partial charge < -0.3 is 10.1 Å². The summed E-state index contributed by atoms with van der Waals surface area (Å²) in [6, 6.07) is 6.59. The van der Waals surface area contributed by atoms with E-state index < -0.39 is 0 Å². The average Bonchev–Trinajstić information content (AvgIpc) is 3.25. The Bertz CT molecular complexity index is 617. The van der Waals surface area contributed by atoms with Crippen LogP contribution in [0.4, 0.5) is 4.39 Å². The second-order valence-electron chi connectivity index (χ2n) is 4.82. The van der Waals surface area contributed by atoms with Crippen molar-refractivity contribution in [3.63, 3.8) is 0 Å². The maximum atomic E-state index is 13.0. The number of halogens is 2. The van der Waals surface area contributed by atoms with Crippen LogP contribution in [-0.4, -0.2) is 11.0 Å². The van der Waals surface area contributed by atoms with Gasteiger partial charge in [-0.05, 0) is 37.1 Å². The summed E-state index contributed by atoms with van der Waals surface area (Å²) >= 11 is 5.97. The summed E-state index contributed by atoms with van der Waals surface area (Å²) in [5, 5.41) is 3.67. The molecule has 3 nitrogen and oxygen atoms in total. The number of rotatable bonds is 5. The summed E-state index contributed by atoms with van der Waals surface area (Å²) in [6.07, 6.45) is 5.82. The normalized spacial score (nSPS) is 14.3. The smallest absolute Gasteiger partial charge is 0.150 e. The number of hydrogen-bond acceptors (Lipinski definition) is 3. The van der Waals surface area contributed by atoms with E-state index in [1.54, 1.807) is 12.4 Å². The van der Waals surface area contributed by atoms with Gasteiger partial charge >= 0.3 is 0 Å². The first kappa shape index (κ1) is 13.3. The van der Waals surface area contributed by atoms with Gasteiger partial charge in [-0.15, -0.1) is 0 Å². The average molecular weight is 293 g/mol. The third-order valence-corrected chi connectivity index (χ3v) is 3.44. The Morgan fingerprint density at radius 3 is 2.90 bits per heavy atom. The highest BCUT2D eigenvalue weighted by Crippen LogP contribution is 2.31. The Hall–Kier alpha value is -1.65. The van der Waals surface area contributed by atoms with E-state index in [0.29, 0.717) is 17.5 Å². The SMILES string of the molecule is Fc1ccc(Oc2cnccc2CNC2CC2)c(Cl)c1. The highest BCUT2D eigenvalue weighted by Gasteiger charge is 2.20. The molecular weight excluding hydrogens is 279 g/mol. The number of benzene rings is 1. The van der Waals surface area contributed by atoms with E-state index in [4.69, 9.17) is 16.3 Å². The van der Waals surface area contributed by atoms with Crippen LogP contribution in [0.25, 0.3) is 0 Å². The number of pyridine rings is 1. The number of ether oxygens (including phenoxy) is 1. The van der Waals surface area contributed by atoms with E-state index in [9.17, 15) is 4.39 Å². The fourth-order valence-corrected chi connectivity index (χ4v) is 2.07. The highest BCUT2D eigenvalue weighted by molar-refractivity contribution is 6.32. The van der Waals surface area contributed by atoms with Crippen LogP contribution in [-0.2, 0) is 6.54 Å². The summed E-state index contributed by atoms with van der Waals surface area (Å²) in [5.41, 5.74) is 1.01. The Morgan fingerprint density at radius 2 is 2.15 bits per heavy atom. The van der Waals surface area contributed by atoms with Crippen LogP contribution < -0.4 is 10.1 Å². The minimum atomic E-state index is -0.385. The lowest BCUT2D eigenvalue weighted by Gasteiger charge is -2.12. The zero-order valence-corrected chi connectivity index (χ0v) is 11.5. The molecule has 1 saturated carbocycles. The molecule has 1 N–H and O–H groups in total. The van der Waals surface area contributed by atoms with Crippen molar-refractivity contribution in [1.29, 1.82) is 0 Å². The van der Waals surface area contributed by atoms with Gasteiger partial charge in [0.25, 0.3) is 0 Å². The van der Waals surface area contributed by atoms with Crippen LogP contribution in [0.3, 0.4) is 0 Å². The van der Waals surface area contributed by atoms with Crippen molar-refractivity contribution in [2.75, 3.05) is 0 Å². The maximum absolute atomic E-state index is 13.0. The molecule has 1 heterocycles. The second-order valence-corrected chi connectivity index (χ2v) is 5.22.